The van der Waals surface area contributed by atoms with Gasteiger partial charge in [0.25, 0.3) is 0 Å². The Hall–Kier alpha value is -1.43. The van der Waals surface area contributed by atoms with Crippen molar-refractivity contribution in [3.05, 3.63) is 29.3 Å². The van der Waals surface area contributed by atoms with E-state index in [-0.39, 0.29) is 11.9 Å². The summed E-state index contributed by atoms with van der Waals surface area (Å²) in [5.74, 6) is 0.0780. The van der Waals surface area contributed by atoms with E-state index in [4.69, 9.17) is 11.5 Å². The SMILES string of the molecule is NCC(N)CNCCc1ccc2c(c1)CC(=O)N2. The highest BCUT2D eigenvalue weighted by Crippen LogP contribution is 2.23. The molecule has 6 N–H and O–H groups in total. The van der Waals surface area contributed by atoms with Gasteiger partial charge in [0.1, 0.15) is 0 Å². The Balaban J connectivity index is 1.81. The average molecular weight is 248 g/mol. The molecule has 18 heavy (non-hydrogen) atoms. The highest BCUT2D eigenvalue weighted by atomic mass is 16.1. The summed E-state index contributed by atoms with van der Waals surface area (Å²) in [5, 5.41) is 6.10. The van der Waals surface area contributed by atoms with Gasteiger partial charge in [-0.25, -0.2) is 0 Å². The number of nitrogens with two attached hydrogens (primary N) is 2. The maximum absolute atomic E-state index is 11.2. The summed E-state index contributed by atoms with van der Waals surface area (Å²) in [7, 11) is 0. The van der Waals surface area contributed by atoms with Crippen LogP contribution in [0.15, 0.2) is 18.2 Å². The van der Waals surface area contributed by atoms with E-state index in [0.29, 0.717) is 13.0 Å². The second kappa shape index (κ2) is 5.95. The van der Waals surface area contributed by atoms with Crippen molar-refractivity contribution >= 4 is 11.6 Å². The number of rotatable bonds is 6. The molecule has 5 heteroatoms. The lowest BCUT2D eigenvalue weighted by Crippen LogP contribution is -2.40. The van der Waals surface area contributed by atoms with Crippen LogP contribution in [0.4, 0.5) is 5.69 Å². The molecule has 1 amide bonds. The molecule has 98 valence electrons. The van der Waals surface area contributed by atoms with Gasteiger partial charge in [-0.05, 0) is 30.2 Å². The van der Waals surface area contributed by atoms with Crippen LogP contribution in [0.2, 0.25) is 0 Å². The number of fused-ring (bicyclic) bond motifs is 1. The molecular formula is C13H20N4O. The van der Waals surface area contributed by atoms with Gasteiger partial charge in [0.15, 0.2) is 0 Å². The zero-order chi connectivity index (χ0) is 13.0. The monoisotopic (exact) mass is 248 g/mol. The van der Waals surface area contributed by atoms with Crippen molar-refractivity contribution < 1.29 is 4.79 Å². The Bertz CT molecular complexity index is 433. The van der Waals surface area contributed by atoms with E-state index < -0.39 is 0 Å². The van der Waals surface area contributed by atoms with Crippen LogP contribution in [-0.4, -0.2) is 31.6 Å². The number of anilines is 1. The van der Waals surface area contributed by atoms with Gasteiger partial charge in [0, 0.05) is 24.8 Å². The zero-order valence-electron chi connectivity index (χ0n) is 10.4. The van der Waals surface area contributed by atoms with Gasteiger partial charge in [-0.15, -0.1) is 0 Å². The minimum absolute atomic E-state index is 0.0202. The van der Waals surface area contributed by atoms with Crippen LogP contribution in [0.3, 0.4) is 0 Å². The van der Waals surface area contributed by atoms with E-state index in [1.807, 2.05) is 6.07 Å². The summed E-state index contributed by atoms with van der Waals surface area (Å²) in [6.07, 6.45) is 1.42. The Morgan fingerprint density at radius 2 is 2.28 bits per heavy atom. The van der Waals surface area contributed by atoms with Crippen LogP contribution in [0.1, 0.15) is 11.1 Å². The zero-order valence-corrected chi connectivity index (χ0v) is 10.4. The third-order valence-corrected chi connectivity index (χ3v) is 3.09. The number of carbonyl (C=O) groups is 1. The molecule has 0 spiro atoms. The molecular weight excluding hydrogens is 228 g/mol. The molecule has 0 aromatic heterocycles. The maximum atomic E-state index is 11.2. The number of hydrogen-bond donors (Lipinski definition) is 4. The molecule has 0 bridgehead atoms. The molecule has 0 saturated heterocycles. The first-order valence-corrected chi connectivity index (χ1v) is 6.27. The fraction of sp³-hybridized carbons (Fsp3) is 0.462. The summed E-state index contributed by atoms with van der Waals surface area (Å²) < 4.78 is 0. The normalized spacial score (nSPS) is 15.3. The minimum Gasteiger partial charge on any atom is -0.329 e. The summed E-state index contributed by atoms with van der Waals surface area (Å²) in [5.41, 5.74) is 14.4. The third-order valence-electron chi connectivity index (χ3n) is 3.09. The van der Waals surface area contributed by atoms with E-state index in [9.17, 15) is 4.79 Å². The van der Waals surface area contributed by atoms with E-state index in [2.05, 4.69) is 22.8 Å². The summed E-state index contributed by atoms with van der Waals surface area (Å²) in [6, 6.07) is 6.14. The van der Waals surface area contributed by atoms with Crippen molar-refractivity contribution in [1.29, 1.82) is 0 Å². The smallest absolute Gasteiger partial charge is 0.228 e. The molecule has 1 unspecified atom stereocenters. The van der Waals surface area contributed by atoms with Crippen LogP contribution in [0.25, 0.3) is 0 Å². The van der Waals surface area contributed by atoms with Gasteiger partial charge in [-0.1, -0.05) is 12.1 Å². The molecule has 1 aromatic carbocycles. The molecule has 1 aliphatic rings. The lowest BCUT2D eigenvalue weighted by Gasteiger charge is -2.10. The first-order chi connectivity index (χ1) is 8.69. The van der Waals surface area contributed by atoms with Crippen molar-refractivity contribution in [2.75, 3.05) is 25.0 Å². The highest BCUT2D eigenvalue weighted by Gasteiger charge is 2.17. The van der Waals surface area contributed by atoms with Crippen LogP contribution in [-0.2, 0) is 17.6 Å². The average Bonchev–Trinajstić information content (AvgIpc) is 2.73. The van der Waals surface area contributed by atoms with Crippen LogP contribution in [0, 0.1) is 0 Å². The van der Waals surface area contributed by atoms with Gasteiger partial charge in [-0.3, -0.25) is 4.79 Å². The number of hydrogen-bond acceptors (Lipinski definition) is 4. The minimum atomic E-state index is 0.0202. The lowest BCUT2D eigenvalue weighted by molar-refractivity contribution is -0.115. The van der Waals surface area contributed by atoms with E-state index in [0.717, 1.165) is 30.8 Å². The summed E-state index contributed by atoms with van der Waals surface area (Å²) in [4.78, 5) is 11.2. The Kier molecular flexibility index (Phi) is 4.30. The lowest BCUT2D eigenvalue weighted by atomic mass is 10.1. The van der Waals surface area contributed by atoms with Crippen LogP contribution in [0.5, 0.6) is 0 Å². The molecule has 1 aromatic rings. The molecule has 1 heterocycles. The predicted octanol–water partition coefficient (Wildman–Crippen LogP) is -0.401. The summed E-state index contributed by atoms with van der Waals surface area (Å²) >= 11 is 0. The van der Waals surface area contributed by atoms with Crippen LogP contribution < -0.4 is 22.1 Å². The van der Waals surface area contributed by atoms with Gasteiger partial charge >= 0.3 is 0 Å². The molecule has 0 fully saturated rings. The topological polar surface area (TPSA) is 93.2 Å². The molecule has 0 saturated carbocycles. The van der Waals surface area contributed by atoms with E-state index in [1.54, 1.807) is 0 Å². The first kappa shape index (κ1) is 13.0. The maximum Gasteiger partial charge on any atom is 0.228 e. The van der Waals surface area contributed by atoms with E-state index >= 15 is 0 Å². The second-order valence-electron chi connectivity index (χ2n) is 4.67. The standard InChI is InChI=1S/C13H20N4O/c14-7-11(15)8-16-4-3-9-1-2-12-10(5-9)6-13(18)17-12/h1-2,5,11,16H,3-4,6-8,14-15H2,(H,17,18). The fourth-order valence-corrected chi connectivity index (χ4v) is 2.04. The molecule has 0 aliphatic carbocycles. The fourth-order valence-electron chi connectivity index (χ4n) is 2.04. The largest absolute Gasteiger partial charge is 0.329 e. The van der Waals surface area contributed by atoms with Crippen molar-refractivity contribution in [3.63, 3.8) is 0 Å². The quantitative estimate of drug-likeness (QED) is 0.515. The molecule has 5 nitrogen and oxygen atoms in total. The molecule has 0 radical (unpaired) electrons. The molecule has 1 aliphatic heterocycles. The van der Waals surface area contributed by atoms with E-state index in [1.165, 1.54) is 5.56 Å². The Morgan fingerprint density at radius 1 is 1.44 bits per heavy atom. The highest BCUT2D eigenvalue weighted by molar-refractivity contribution is 5.99. The van der Waals surface area contributed by atoms with Crippen molar-refractivity contribution in [1.82, 2.24) is 5.32 Å². The molecule has 1 atom stereocenters. The van der Waals surface area contributed by atoms with Gasteiger partial charge in [0.2, 0.25) is 5.91 Å². The number of nitrogens with one attached hydrogen (secondary N) is 2. The van der Waals surface area contributed by atoms with Gasteiger partial charge in [-0.2, -0.15) is 0 Å². The van der Waals surface area contributed by atoms with Gasteiger partial charge in [0.05, 0.1) is 6.42 Å². The van der Waals surface area contributed by atoms with Gasteiger partial charge < -0.3 is 22.1 Å². The predicted molar refractivity (Wildman–Crippen MR) is 72.4 cm³/mol. The number of carbonyl (C=O) groups excluding carboxylic acids is 1. The van der Waals surface area contributed by atoms with Crippen molar-refractivity contribution in [2.24, 2.45) is 11.5 Å². The van der Waals surface area contributed by atoms with Crippen molar-refractivity contribution in [2.45, 2.75) is 18.9 Å². The number of benzene rings is 1. The second-order valence-corrected chi connectivity index (χ2v) is 4.67. The number of amides is 1. The Morgan fingerprint density at radius 3 is 3.06 bits per heavy atom. The summed E-state index contributed by atoms with van der Waals surface area (Å²) in [6.45, 7) is 2.11. The Labute approximate surface area is 107 Å². The third kappa shape index (κ3) is 3.29. The van der Waals surface area contributed by atoms with Crippen LogP contribution >= 0.6 is 0 Å². The van der Waals surface area contributed by atoms with Crippen molar-refractivity contribution in [3.8, 4) is 0 Å². The first-order valence-electron chi connectivity index (χ1n) is 6.27. The molecule has 2 rings (SSSR count).